The lowest BCUT2D eigenvalue weighted by Gasteiger charge is -2.15. The predicted octanol–water partition coefficient (Wildman–Crippen LogP) is 4.16. The molecule has 0 bridgehead atoms. The molecule has 21 heavy (non-hydrogen) atoms. The van der Waals surface area contributed by atoms with E-state index in [1.54, 1.807) is 12.1 Å². The molecule has 0 fully saturated rings. The van der Waals surface area contributed by atoms with Crippen LogP contribution in [-0.2, 0) is 9.84 Å². The van der Waals surface area contributed by atoms with Gasteiger partial charge in [-0.15, -0.1) is 0 Å². The minimum Gasteiger partial charge on any atom is -0.437 e. The molecule has 0 unspecified atom stereocenters. The van der Waals surface area contributed by atoms with E-state index in [4.69, 9.17) is 4.74 Å². The third-order valence-electron chi connectivity index (χ3n) is 2.94. The van der Waals surface area contributed by atoms with E-state index in [2.05, 4.69) is 20.9 Å². The van der Waals surface area contributed by atoms with E-state index < -0.39 is 9.84 Å². The van der Waals surface area contributed by atoms with Gasteiger partial charge in [0, 0.05) is 16.9 Å². The first kappa shape index (κ1) is 16.0. The van der Waals surface area contributed by atoms with Crippen molar-refractivity contribution in [1.82, 2.24) is 4.98 Å². The SMILES string of the molecule is CC(C)c1cc(Br)ccc1Oc1ncccc1S(C)(=O)=O. The van der Waals surface area contributed by atoms with Crippen LogP contribution in [0.1, 0.15) is 25.3 Å². The molecule has 0 saturated heterocycles. The number of pyridine rings is 1. The van der Waals surface area contributed by atoms with Crippen LogP contribution in [-0.4, -0.2) is 19.7 Å². The van der Waals surface area contributed by atoms with Gasteiger partial charge in [-0.25, -0.2) is 13.4 Å². The van der Waals surface area contributed by atoms with Gasteiger partial charge in [0.25, 0.3) is 0 Å². The van der Waals surface area contributed by atoms with E-state index >= 15 is 0 Å². The Morgan fingerprint density at radius 3 is 2.57 bits per heavy atom. The van der Waals surface area contributed by atoms with Gasteiger partial charge in [0.15, 0.2) is 9.84 Å². The molecule has 0 aliphatic rings. The highest BCUT2D eigenvalue weighted by molar-refractivity contribution is 9.10. The van der Waals surface area contributed by atoms with Crippen LogP contribution in [0.2, 0.25) is 0 Å². The molecule has 1 heterocycles. The molecule has 1 aromatic carbocycles. The fraction of sp³-hybridized carbons (Fsp3) is 0.267. The zero-order chi connectivity index (χ0) is 15.6. The number of hydrogen-bond donors (Lipinski definition) is 0. The zero-order valence-electron chi connectivity index (χ0n) is 12.0. The van der Waals surface area contributed by atoms with E-state index in [0.717, 1.165) is 16.3 Å². The summed E-state index contributed by atoms with van der Waals surface area (Å²) in [6, 6.07) is 8.69. The number of ether oxygens (including phenoxy) is 1. The lowest BCUT2D eigenvalue weighted by atomic mass is 10.0. The maximum atomic E-state index is 11.8. The van der Waals surface area contributed by atoms with E-state index in [1.807, 2.05) is 26.0 Å². The number of rotatable bonds is 4. The molecule has 0 spiro atoms. The Labute approximate surface area is 133 Å². The molecule has 0 aliphatic heterocycles. The van der Waals surface area contributed by atoms with Gasteiger partial charge in [0.05, 0.1) is 0 Å². The van der Waals surface area contributed by atoms with Gasteiger partial charge in [0.1, 0.15) is 10.6 Å². The lowest BCUT2D eigenvalue weighted by Crippen LogP contribution is -2.03. The minimum absolute atomic E-state index is 0.0858. The van der Waals surface area contributed by atoms with Gasteiger partial charge < -0.3 is 4.74 Å². The van der Waals surface area contributed by atoms with Crippen LogP contribution in [0.15, 0.2) is 45.9 Å². The Balaban J connectivity index is 2.49. The summed E-state index contributed by atoms with van der Waals surface area (Å²) in [5.41, 5.74) is 0.981. The monoisotopic (exact) mass is 369 g/mol. The van der Waals surface area contributed by atoms with E-state index in [1.165, 1.54) is 12.3 Å². The molecule has 0 radical (unpaired) electrons. The Morgan fingerprint density at radius 2 is 1.95 bits per heavy atom. The van der Waals surface area contributed by atoms with Crippen molar-refractivity contribution in [3.63, 3.8) is 0 Å². The van der Waals surface area contributed by atoms with Crippen molar-refractivity contribution in [3.05, 3.63) is 46.6 Å². The van der Waals surface area contributed by atoms with Gasteiger partial charge in [-0.2, -0.15) is 0 Å². The number of nitrogens with zero attached hydrogens (tertiary/aromatic N) is 1. The van der Waals surface area contributed by atoms with Gasteiger partial charge in [0.2, 0.25) is 5.88 Å². The molecule has 0 amide bonds. The largest absolute Gasteiger partial charge is 0.437 e. The number of halogens is 1. The molecular weight excluding hydrogens is 354 g/mol. The highest BCUT2D eigenvalue weighted by Crippen LogP contribution is 2.34. The molecule has 0 atom stereocenters. The third-order valence-corrected chi connectivity index (χ3v) is 4.54. The Hall–Kier alpha value is -1.40. The van der Waals surface area contributed by atoms with Crippen LogP contribution in [0, 0.1) is 0 Å². The van der Waals surface area contributed by atoms with Crippen molar-refractivity contribution in [1.29, 1.82) is 0 Å². The number of sulfone groups is 1. The first-order chi connectivity index (χ1) is 9.79. The second-order valence-corrected chi connectivity index (χ2v) is 7.92. The van der Waals surface area contributed by atoms with Crippen molar-refractivity contribution in [2.24, 2.45) is 0 Å². The van der Waals surface area contributed by atoms with Crippen molar-refractivity contribution < 1.29 is 13.2 Å². The van der Waals surface area contributed by atoms with Crippen LogP contribution >= 0.6 is 15.9 Å². The highest BCUT2D eigenvalue weighted by atomic mass is 79.9. The second-order valence-electron chi connectivity index (χ2n) is 5.02. The Bertz CT molecular complexity index is 757. The molecule has 4 nitrogen and oxygen atoms in total. The van der Waals surface area contributed by atoms with Gasteiger partial charge in [-0.1, -0.05) is 29.8 Å². The van der Waals surface area contributed by atoms with Crippen LogP contribution in [0.4, 0.5) is 0 Å². The van der Waals surface area contributed by atoms with Crippen molar-refractivity contribution in [2.45, 2.75) is 24.7 Å². The van der Waals surface area contributed by atoms with Crippen molar-refractivity contribution in [3.8, 4) is 11.6 Å². The molecule has 2 rings (SSSR count). The van der Waals surface area contributed by atoms with Crippen LogP contribution < -0.4 is 4.74 Å². The second kappa shape index (κ2) is 6.15. The fourth-order valence-electron chi connectivity index (χ4n) is 1.90. The molecule has 0 saturated carbocycles. The summed E-state index contributed by atoms with van der Waals surface area (Å²) in [4.78, 5) is 4.14. The molecule has 2 aromatic rings. The number of aromatic nitrogens is 1. The average molecular weight is 370 g/mol. The van der Waals surface area contributed by atoms with Gasteiger partial charge in [-0.3, -0.25) is 0 Å². The third kappa shape index (κ3) is 3.83. The fourth-order valence-corrected chi connectivity index (χ4v) is 3.02. The summed E-state index contributed by atoms with van der Waals surface area (Å²) in [5.74, 6) is 0.948. The summed E-state index contributed by atoms with van der Waals surface area (Å²) < 4.78 is 30.3. The van der Waals surface area contributed by atoms with Crippen molar-refractivity contribution >= 4 is 25.8 Å². The molecule has 112 valence electrons. The smallest absolute Gasteiger partial charge is 0.238 e. The molecule has 6 heteroatoms. The van der Waals surface area contributed by atoms with Gasteiger partial charge in [-0.05, 0) is 41.8 Å². The summed E-state index contributed by atoms with van der Waals surface area (Å²) in [6.45, 7) is 4.09. The molecular formula is C15H16BrNO3S. The minimum atomic E-state index is -3.39. The van der Waals surface area contributed by atoms with Crippen molar-refractivity contribution in [2.75, 3.05) is 6.26 Å². The maximum absolute atomic E-state index is 11.8. The number of benzene rings is 1. The standard InChI is InChI=1S/C15H16BrNO3S/c1-10(2)12-9-11(16)6-7-13(12)20-15-14(21(3,18)19)5-4-8-17-15/h4-10H,1-3H3. The lowest BCUT2D eigenvalue weighted by molar-refractivity contribution is 0.439. The van der Waals surface area contributed by atoms with E-state index in [0.29, 0.717) is 5.75 Å². The molecule has 1 aromatic heterocycles. The van der Waals surface area contributed by atoms with Crippen LogP contribution in [0.3, 0.4) is 0 Å². The predicted molar refractivity (Wildman–Crippen MR) is 85.7 cm³/mol. The molecule has 0 N–H and O–H groups in total. The van der Waals surface area contributed by atoms with Gasteiger partial charge >= 0.3 is 0 Å². The summed E-state index contributed by atoms with van der Waals surface area (Å²) in [6.07, 6.45) is 2.65. The van der Waals surface area contributed by atoms with E-state index in [9.17, 15) is 8.42 Å². The Morgan fingerprint density at radius 1 is 1.24 bits per heavy atom. The first-order valence-corrected chi connectivity index (χ1v) is 9.10. The van der Waals surface area contributed by atoms with E-state index in [-0.39, 0.29) is 16.7 Å². The normalized spacial score (nSPS) is 11.7. The Kier molecular flexibility index (Phi) is 4.68. The maximum Gasteiger partial charge on any atom is 0.238 e. The quantitative estimate of drug-likeness (QED) is 0.811. The zero-order valence-corrected chi connectivity index (χ0v) is 14.4. The summed E-state index contributed by atoms with van der Waals surface area (Å²) in [5, 5.41) is 0. The molecule has 0 aliphatic carbocycles. The van der Waals surface area contributed by atoms with Crippen LogP contribution in [0.5, 0.6) is 11.6 Å². The summed E-state index contributed by atoms with van der Waals surface area (Å²) in [7, 11) is -3.39. The first-order valence-electron chi connectivity index (χ1n) is 6.41. The summed E-state index contributed by atoms with van der Waals surface area (Å²) >= 11 is 3.43. The number of hydrogen-bond acceptors (Lipinski definition) is 4. The highest BCUT2D eigenvalue weighted by Gasteiger charge is 2.18. The van der Waals surface area contributed by atoms with Crippen LogP contribution in [0.25, 0.3) is 0 Å². The topological polar surface area (TPSA) is 56.3 Å². The average Bonchev–Trinajstić information content (AvgIpc) is 2.40.